The van der Waals surface area contributed by atoms with E-state index in [0.29, 0.717) is 24.5 Å². The van der Waals surface area contributed by atoms with E-state index in [1.165, 1.54) is 35.3 Å². The van der Waals surface area contributed by atoms with Crippen LogP contribution in [0, 0.1) is 0 Å². The minimum absolute atomic E-state index is 0.308. The highest BCUT2D eigenvalue weighted by Gasteiger charge is 2.30. The van der Waals surface area contributed by atoms with E-state index in [-0.39, 0.29) is 5.75 Å². The Balaban J connectivity index is 1.78. The van der Waals surface area contributed by atoms with Gasteiger partial charge in [-0.05, 0) is 35.9 Å². The fourth-order valence-corrected chi connectivity index (χ4v) is 2.30. The van der Waals surface area contributed by atoms with Crippen molar-refractivity contribution < 1.29 is 22.7 Å². The summed E-state index contributed by atoms with van der Waals surface area (Å²) in [5.41, 5.74) is 2.18. The Bertz CT molecular complexity index is 892. The van der Waals surface area contributed by atoms with Crippen molar-refractivity contribution in [2.75, 3.05) is 0 Å². The van der Waals surface area contributed by atoms with Crippen molar-refractivity contribution in [3.8, 4) is 22.8 Å². The molecule has 9 heteroatoms. The van der Waals surface area contributed by atoms with Crippen LogP contribution in [0.3, 0.4) is 0 Å². The van der Waals surface area contributed by atoms with Gasteiger partial charge in [-0.2, -0.15) is 0 Å². The molecule has 0 radical (unpaired) electrons. The standard InChI is InChI=1S/C17H13F3N4O2/c18-17(19,20)26-15-6-4-14(5-7-15)24-10-22-16(23-24)13-3-1-2-12(8-13)9-21-11-25/h1-8,10-11H,9H2,(H,21,25). The third kappa shape index (κ3) is 4.38. The Hall–Kier alpha value is -3.36. The van der Waals surface area contributed by atoms with Crippen LogP contribution in [0.2, 0.25) is 0 Å². The number of hydrogen-bond donors (Lipinski definition) is 1. The minimum atomic E-state index is -4.73. The zero-order valence-corrected chi connectivity index (χ0v) is 13.3. The summed E-state index contributed by atoms with van der Waals surface area (Å²) in [6.07, 6.45) is -2.65. The highest BCUT2D eigenvalue weighted by atomic mass is 19.4. The van der Waals surface area contributed by atoms with E-state index < -0.39 is 6.36 Å². The van der Waals surface area contributed by atoms with Gasteiger partial charge in [0.15, 0.2) is 5.82 Å². The molecule has 3 rings (SSSR count). The summed E-state index contributed by atoms with van der Waals surface area (Å²) in [5, 5.41) is 6.91. The first kappa shape index (κ1) is 17.5. The minimum Gasteiger partial charge on any atom is -0.406 e. The quantitative estimate of drug-likeness (QED) is 0.685. The molecular formula is C17H13F3N4O2. The lowest BCUT2D eigenvalue weighted by atomic mass is 10.1. The molecule has 0 saturated carbocycles. The summed E-state index contributed by atoms with van der Waals surface area (Å²) in [6, 6.07) is 12.7. The molecule has 0 fully saturated rings. The lowest BCUT2D eigenvalue weighted by Crippen LogP contribution is -2.17. The van der Waals surface area contributed by atoms with Gasteiger partial charge >= 0.3 is 6.36 Å². The fourth-order valence-electron chi connectivity index (χ4n) is 2.30. The molecule has 1 N–H and O–H groups in total. The number of amides is 1. The normalized spacial score (nSPS) is 11.2. The highest BCUT2D eigenvalue weighted by molar-refractivity contribution is 5.56. The van der Waals surface area contributed by atoms with Gasteiger partial charge in [-0.15, -0.1) is 18.3 Å². The summed E-state index contributed by atoms with van der Waals surface area (Å²) in [5.74, 6) is 0.144. The monoisotopic (exact) mass is 362 g/mol. The molecule has 0 spiro atoms. The lowest BCUT2D eigenvalue weighted by Gasteiger charge is -2.09. The Morgan fingerprint density at radius 3 is 2.62 bits per heavy atom. The van der Waals surface area contributed by atoms with Crippen molar-refractivity contribution in [1.82, 2.24) is 20.1 Å². The van der Waals surface area contributed by atoms with E-state index in [0.717, 1.165) is 11.1 Å². The maximum atomic E-state index is 12.2. The van der Waals surface area contributed by atoms with Crippen molar-refractivity contribution in [3.63, 3.8) is 0 Å². The molecule has 6 nitrogen and oxygen atoms in total. The third-order valence-corrected chi connectivity index (χ3v) is 3.40. The number of carbonyl (C=O) groups excluding carboxylic acids is 1. The van der Waals surface area contributed by atoms with Gasteiger partial charge in [0.25, 0.3) is 0 Å². The van der Waals surface area contributed by atoms with Crippen LogP contribution in [-0.4, -0.2) is 27.5 Å². The number of nitrogens with zero attached hydrogens (tertiary/aromatic N) is 3. The number of benzene rings is 2. The first-order chi connectivity index (χ1) is 12.4. The molecular weight excluding hydrogens is 349 g/mol. The smallest absolute Gasteiger partial charge is 0.406 e. The van der Waals surface area contributed by atoms with E-state index in [1.807, 2.05) is 24.3 Å². The van der Waals surface area contributed by atoms with Gasteiger partial charge in [0.1, 0.15) is 12.1 Å². The van der Waals surface area contributed by atoms with Gasteiger partial charge in [-0.3, -0.25) is 4.79 Å². The Labute approximate surface area is 146 Å². The van der Waals surface area contributed by atoms with Crippen LogP contribution in [0.5, 0.6) is 5.75 Å². The number of carbonyl (C=O) groups is 1. The van der Waals surface area contributed by atoms with E-state index in [4.69, 9.17) is 0 Å². The van der Waals surface area contributed by atoms with Crippen LogP contribution in [0.1, 0.15) is 5.56 Å². The van der Waals surface area contributed by atoms with Crippen LogP contribution in [0.4, 0.5) is 13.2 Å². The number of ether oxygens (including phenoxy) is 1. The van der Waals surface area contributed by atoms with Gasteiger partial charge in [-0.25, -0.2) is 9.67 Å². The maximum absolute atomic E-state index is 12.2. The van der Waals surface area contributed by atoms with E-state index in [1.54, 1.807) is 0 Å². The molecule has 0 aliphatic heterocycles. The fraction of sp³-hybridized carbons (Fsp3) is 0.118. The number of hydrogen-bond acceptors (Lipinski definition) is 4. The number of nitrogens with one attached hydrogen (secondary N) is 1. The largest absolute Gasteiger partial charge is 0.573 e. The van der Waals surface area contributed by atoms with Gasteiger partial charge in [-0.1, -0.05) is 18.2 Å². The van der Waals surface area contributed by atoms with Gasteiger partial charge < -0.3 is 10.1 Å². The molecule has 0 aliphatic carbocycles. The maximum Gasteiger partial charge on any atom is 0.573 e. The van der Waals surface area contributed by atoms with Gasteiger partial charge in [0.2, 0.25) is 6.41 Å². The summed E-state index contributed by atoms with van der Waals surface area (Å²) < 4.78 is 41.9. The number of rotatable bonds is 6. The van der Waals surface area contributed by atoms with E-state index in [2.05, 4.69) is 20.1 Å². The summed E-state index contributed by atoms with van der Waals surface area (Å²) in [7, 11) is 0. The molecule has 2 aromatic carbocycles. The molecule has 1 amide bonds. The zero-order chi connectivity index (χ0) is 18.6. The van der Waals surface area contributed by atoms with Crippen LogP contribution < -0.4 is 10.1 Å². The van der Waals surface area contributed by atoms with Crippen molar-refractivity contribution in [1.29, 1.82) is 0 Å². The van der Waals surface area contributed by atoms with E-state index in [9.17, 15) is 18.0 Å². The Morgan fingerprint density at radius 2 is 1.92 bits per heavy atom. The van der Waals surface area contributed by atoms with Gasteiger partial charge in [0, 0.05) is 12.1 Å². The topological polar surface area (TPSA) is 69.0 Å². The lowest BCUT2D eigenvalue weighted by molar-refractivity contribution is -0.274. The van der Waals surface area contributed by atoms with Crippen molar-refractivity contribution in [3.05, 3.63) is 60.4 Å². The number of halogens is 3. The zero-order valence-electron chi connectivity index (χ0n) is 13.3. The first-order valence-electron chi connectivity index (χ1n) is 7.49. The SMILES string of the molecule is O=CNCc1cccc(-c2ncn(-c3ccc(OC(F)(F)F)cc3)n2)c1. The Morgan fingerprint density at radius 1 is 1.15 bits per heavy atom. The molecule has 0 aliphatic rings. The average Bonchev–Trinajstić information content (AvgIpc) is 3.10. The van der Waals surface area contributed by atoms with Crippen LogP contribution >= 0.6 is 0 Å². The molecule has 3 aromatic rings. The van der Waals surface area contributed by atoms with Crippen molar-refractivity contribution in [2.24, 2.45) is 0 Å². The molecule has 0 saturated heterocycles. The van der Waals surface area contributed by atoms with Crippen LogP contribution in [0.25, 0.3) is 17.1 Å². The summed E-state index contributed by atoms with van der Waals surface area (Å²) in [4.78, 5) is 14.6. The predicted octanol–water partition coefficient (Wildman–Crippen LogP) is 3.08. The number of alkyl halides is 3. The van der Waals surface area contributed by atoms with Crippen molar-refractivity contribution >= 4 is 6.41 Å². The van der Waals surface area contributed by atoms with Crippen molar-refractivity contribution in [2.45, 2.75) is 12.9 Å². The molecule has 0 bridgehead atoms. The third-order valence-electron chi connectivity index (χ3n) is 3.40. The highest BCUT2D eigenvalue weighted by Crippen LogP contribution is 2.24. The second-order valence-electron chi connectivity index (χ2n) is 5.25. The predicted molar refractivity (Wildman–Crippen MR) is 86.4 cm³/mol. The summed E-state index contributed by atoms with van der Waals surface area (Å²) >= 11 is 0. The van der Waals surface area contributed by atoms with Gasteiger partial charge in [0.05, 0.1) is 5.69 Å². The number of aromatic nitrogens is 3. The second-order valence-corrected chi connectivity index (χ2v) is 5.25. The first-order valence-corrected chi connectivity index (χ1v) is 7.49. The molecule has 1 aromatic heterocycles. The van der Waals surface area contributed by atoms with E-state index >= 15 is 0 Å². The molecule has 134 valence electrons. The second kappa shape index (κ2) is 7.26. The summed E-state index contributed by atoms with van der Waals surface area (Å²) in [6.45, 7) is 0.388. The Kier molecular flexibility index (Phi) is 4.87. The molecule has 0 unspecified atom stereocenters. The average molecular weight is 362 g/mol. The molecule has 26 heavy (non-hydrogen) atoms. The molecule has 0 atom stereocenters. The van der Waals surface area contributed by atoms with Crippen LogP contribution in [0.15, 0.2) is 54.9 Å². The van der Waals surface area contributed by atoms with Crippen LogP contribution in [-0.2, 0) is 11.3 Å². The molecule has 1 heterocycles.